The number of hydrogen-bond donors (Lipinski definition) is 1. The molecular weight excluding hydrogens is 460 g/mol. The zero-order valence-corrected chi connectivity index (χ0v) is 23.0. The maximum absolute atomic E-state index is 12.6. The predicted molar refractivity (Wildman–Crippen MR) is 141 cm³/mol. The first-order valence-corrected chi connectivity index (χ1v) is 13.0. The lowest BCUT2D eigenvalue weighted by Crippen LogP contribution is -2.23. The fraction of sp³-hybridized carbons (Fsp3) is 0.519. The standard InChI is InChI=1S/C24H34N4OS.C2H6.CO2/c1-17(2)16-28-20(5)23(19(4)26-28)14-18(3)24(29)25-15-21-8-10-22(11-9-21)30-27-12-6-7-13-27;1-2;2-1-3/h8-11,14,17H,6-7,12-13,15-16H2,1-5H3,(H,25,29);1-2H3;/b18-14+;;. The number of amides is 1. The minimum absolute atomic E-state index is 0.0408. The molecule has 35 heavy (non-hydrogen) atoms. The van der Waals surface area contributed by atoms with E-state index in [0.717, 1.165) is 29.1 Å². The number of carbonyl (C=O) groups excluding carboxylic acids is 3. The van der Waals surface area contributed by atoms with Crippen molar-refractivity contribution in [1.82, 2.24) is 19.4 Å². The first-order chi connectivity index (χ1) is 16.7. The molecule has 1 fully saturated rings. The van der Waals surface area contributed by atoms with E-state index in [-0.39, 0.29) is 12.1 Å². The van der Waals surface area contributed by atoms with E-state index in [2.05, 4.69) is 59.8 Å². The molecule has 7 nitrogen and oxygen atoms in total. The Morgan fingerprint density at radius 3 is 2.26 bits per heavy atom. The number of benzene rings is 1. The van der Waals surface area contributed by atoms with Crippen molar-refractivity contribution in [2.75, 3.05) is 13.1 Å². The summed E-state index contributed by atoms with van der Waals surface area (Å²) in [5, 5.41) is 7.67. The number of nitrogens with one attached hydrogen (secondary N) is 1. The van der Waals surface area contributed by atoms with Crippen molar-refractivity contribution in [1.29, 1.82) is 0 Å². The lowest BCUT2D eigenvalue weighted by atomic mass is 10.1. The van der Waals surface area contributed by atoms with Crippen LogP contribution in [0.2, 0.25) is 0 Å². The van der Waals surface area contributed by atoms with Gasteiger partial charge in [-0.2, -0.15) is 14.7 Å². The number of nitrogens with zero attached hydrogens (tertiary/aromatic N) is 3. The molecule has 0 radical (unpaired) electrons. The molecule has 0 bridgehead atoms. The van der Waals surface area contributed by atoms with Crippen molar-refractivity contribution in [2.24, 2.45) is 5.92 Å². The van der Waals surface area contributed by atoms with Gasteiger partial charge in [0.15, 0.2) is 0 Å². The number of hydrogen-bond acceptors (Lipinski definition) is 6. The van der Waals surface area contributed by atoms with Gasteiger partial charge in [-0.25, -0.2) is 4.31 Å². The quantitative estimate of drug-likeness (QED) is 0.385. The number of aryl methyl sites for hydroxylation is 1. The summed E-state index contributed by atoms with van der Waals surface area (Å²) in [5.41, 5.74) is 4.93. The Balaban J connectivity index is 0.00000114. The fourth-order valence-electron chi connectivity index (χ4n) is 3.64. The molecule has 2 heterocycles. The lowest BCUT2D eigenvalue weighted by Gasteiger charge is -2.13. The average molecular weight is 501 g/mol. The van der Waals surface area contributed by atoms with Gasteiger partial charge in [0, 0.05) is 47.9 Å². The van der Waals surface area contributed by atoms with Crippen LogP contribution in [0.25, 0.3) is 6.08 Å². The van der Waals surface area contributed by atoms with Gasteiger partial charge in [0.05, 0.1) is 5.69 Å². The third kappa shape index (κ3) is 10.2. The minimum Gasteiger partial charge on any atom is -0.348 e. The Morgan fingerprint density at radius 1 is 1.14 bits per heavy atom. The first kappa shape index (κ1) is 30.4. The molecule has 1 aliphatic rings. The maximum atomic E-state index is 12.6. The topological polar surface area (TPSA) is 84.3 Å². The van der Waals surface area contributed by atoms with E-state index < -0.39 is 0 Å². The molecule has 3 rings (SSSR count). The van der Waals surface area contributed by atoms with Crippen molar-refractivity contribution < 1.29 is 14.4 Å². The molecule has 0 unspecified atom stereocenters. The molecule has 0 atom stereocenters. The zero-order chi connectivity index (χ0) is 26.4. The maximum Gasteiger partial charge on any atom is 0.373 e. The fourth-order valence-corrected chi connectivity index (χ4v) is 4.64. The van der Waals surface area contributed by atoms with Crippen LogP contribution in [0.3, 0.4) is 0 Å². The van der Waals surface area contributed by atoms with Crippen LogP contribution in [0.5, 0.6) is 0 Å². The van der Waals surface area contributed by atoms with Crippen molar-refractivity contribution in [3.05, 3.63) is 52.4 Å². The summed E-state index contributed by atoms with van der Waals surface area (Å²) >= 11 is 1.83. The Bertz CT molecular complexity index is 985. The van der Waals surface area contributed by atoms with Gasteiger partial charge < -0.3 is 5.32 Å². The van der Waals surface area contributed by atoms with Crippen LogP contribution >= 0.6 is 11.9 Å². The van der Waals surface area contributed by atoms with Crippen LogP contribution < -0.4 is 5.32 Å². The van der Waals surface area contributed by atoms with E-state index in [9.17, 15) is 4.79 Å². The molecule has 1 aliphatic heterocycles. The normalized spacial score (nSPS) is 13.4. The summed E-state index contributed by atoms with van der Waals surface area (Å²) in [5.74, 6) is 0.491. The molecule has 0 saturated carbocycles. The summed E-state index contributed by atoms with van der Waals surface area (Å²) < 4.78 is 4.46. The van der Waals surface area contributed by atoms with E-state index in [1.165, 1.54) is 30.8 Å². The van der Waals surface area contributed by atoms with Crippen LogP contribution in [-0.4, -0.2) is 39.2 Å². The Hall–Kier alpha value is -2.67. The lowest BCUT2D eigenvalue weighted by molar-refractivity contribution is -0.191. The van der Waals surface area contributed by atoms with Gasteiger partial charge in [0.2, 0.25) is 5.91 Å². The Kier molecular flexibility index (Phi) is 14.0. The molecule has 1 aromatic carbocycles. The van der Waals surface area contributed by atoms with E-state index >= 15 is 0 Å². The number of rotatable bonds is 8. The minimum atomic E-state index is -0.0408. The second-order valence-electron chi connectivity index (χ2n) is 8.63. The van der Waals surface area contributed by atoms with Gasteiger partial charge in [-0.3, -0.25) is 9.48 Å². The van der Waals surface area contributed by atoms with E-state index in [1.807, 2.05) is 50.4 Å². The SMILES string of the molecule is C/C(=C\c1c(C)nn(CC(C)C)c1C)C(=O)NCc1ccc(SN2CCCC2)cc1.CC.O=C=O. The first-order valence-electron chi connectivity index (χ1n) is 12.3. The smallest absolute Gasteiger partial charge is 0.348 e. The van der Waals surface area contributed by atoms with E-state index in [0.29, 0.717) is 18.0 Å². The second kappa shape index (κ2) is 16.1. The largest absolute Gasteiger partial charge is 0.373 e. The summed E-state index contributed by atoms with van der Waals surface area (Å²) in [7, 11) is 0. The van der Waals surface area contributed by atoms with Gasteiger partial charge >= 0.3 is 6.15 Å². The average Bonchev–Trinajstić information content (AvgIpc) is 3.43. The molecular formula is C27H40N4O3S. The van der Waals surface area contributed by atoms with Gasteiger partial charge in [0.1, 0.15) is 0 Å². The number of aromatic nitrogens is 2. The monoisotopic (exact) mass is 500 g/mol. The number of carbonyl (C=O) groups is 1. The molecule has 8 heteroatoms. The molecule has 1 amide bonds. The summed E-state index contributed by atoms with van der Waals surface area (Å²) in [6.45, 7) is 18.1. The highest BCUT2D eigenvalue weighted by Crippen LogP contribution is 2.26. The van der Waals surface area contributed by atoms with Crippen molar-refractivity contribution in [3.63, 3.8) is 0 Å². The van der Waals surface area contributed by atoms with Gasteiger partial charge in [-0.1, -0.05) is 39.8 Å². The molecule has 1 N–H and O–H groups in total. The van der Waals surface area contributed by atoms with Gasteiger partial charge in [0.25, 0.3) is 0 Å². The molecule has 1 saturated heterocycles. The predicted octanol–water partition coefficient (Wildman–Crippen LogP) is 5.42. The Labute approximate surface area is 214 Å². The molecule has 192 valence electrons. The second-order valence-corrected chi connectivity index (χ2v) is 9.80. The summed E-state index contributed by atoms with van der Waals surface area (Å²) in [6, 6.07) is 8.48. The summed E-state index contributed by atoms with van der Waals surface area (Å²) in [6.07, 6.45) is 4.79. The van der Waals surface area contributed by atoms with Crippen LogP contribution in [0, 0.1) is 19.8 Å². The van der Waals surface area contributed by atoms with Crippen LogP contribution in [0.15, 0.2) is 34.7 Å². The molecule has 1 aromatic heterocycles. The zero-order valence-electron chi connectivity index (χ0n) is 22.2. The Morgan fingerprint density at radius 2 is 1.71 bits per heavy atom. The highest BCUT2D eigenvalue weighted by atomic mass is 32.2. The van der Waals surface area contributed by atoms with Crippen molar-refractivity contribution in [3.8, 4) is 0 Å². The van der Waals surface area contributed by atoms with Gasteiger partial charge in [-0.15, -0.1) is 0 Å². The molecule has 2 aromatic rings. The van der Waals surface area contributed by atoms with E-state index in [4.69, 9.17) is 9.59 Å². The van der Waals surface area contributed by atoms with Crippen LogP contribution in [0.4, 0.5) is 0 Å². The van der Waals surface area contributed by atoms with Crippen LogP contribution in [0.1, 0.15) is 70.0 Å². The highest BCUT2D eigenvalue weighted by Gasteiger charge is 2.14. The highest BCUT2D eigenvalue weighted by molar-refractivity contribution is 7.97. The third-order valence-electron chi connectivity index (χ3n) is 5.37. The van der Waals surface area contributed by atoms with E-state index in [1.54, 1.807) is 0 Å². The van der Waals surface area contributed by atoms with Crippen molar-refractivity contribution in [2.45, 2.75) is 79.3 Å². The summed E-state index contributed by atoms with van der Waals surface area (Å²) in [4.78, 5) is 30.1. The third-order valence-corrected chi connectivity index (χ3v) is 6.48. The van der Waals surface area contributed by atoms with Gasteiger partial charge in [-0.05, 0) is 75.3 Å². The molecule has 0 spiro atoms. The van der Waals surface area contributed by atoms with Crippen LogP contribution in [-0.2, 0) is 27.5 Å². The van der Waals surface area contributed by atoms with Crippen molar-refractivity contribution >= 4 is 30.1 Å². The molecule has 0 aliphatic carbocycles.